The minimum atomic E-state index is 0.0572. The third-order valence-corrected chi connectivity index (χ3v) is 4.73. The normalized spacial score (nSPS) is 14.6. The molecular formula is C16H14ClNOS. The van der Waals surface area contributed by atoms with Gasteiger partial charge in [0, 0.05) is 24.0 Å². The Morgan fingerprint density at radius 1 is 1.30 bits per heavy atom. The van der Waals surface area contributed by atoms with Crippen molar-refractivity contribution in [1.82, 2.24) is 4.90 Å². The number of amides is 1. The van der Waals surface area contributed by atoms with Crippen molar-refractivity contribution in [2.45, 2.75) is 13.0 Å². The largest absolute Gasteiger partial charge is 0.334 e. The number of halogens is 1. The van der Waals surface area contributed by atoms with Crippen LogP contribution in [-0.4, -0.2) is 17.4 Å². The van der Waals surface area contributed by atoms with Gasteiger partial charge >= 0.3 is 0 Å². The fourth-order valence-electron chi connectivity index (χ4n) is 2.32. The summed E-state index contributed by atoms with van der Waals surface area (Å²) in [5.41, 5.74) is 2.23. The van der Waals surface area contributed by atoms with Gasteiger partial charge in [0.2, 0.25) is 5.91 Å². The van der Waals surface area contributed by atoms with Crippen LogP contribution in [0.5, 0.6) is 0 Å². The number of carbonyl (C=O) groups is 1. The number of thiophene rings is 1. The second kappa shape index (κ2) is 5.81. The van der Waals surface area contributed by atoms with E-state index >= 15 is 0 Å². The van der Waals surface area contributed by atoms with Crippen LogP contribution in [0.15, 0.2) is 42.5 Å². The van der Waals surface area contributed by atoms with E-state index in [9.17, 15) is 4.79 Å². The summed E-state index contributed by atoms with van der Waals surface area (Å²) in [4.78, 5) is 15.4. The molecule has 2 heterocycles. The lowest BCUT2D eigenvalue weighted by Gasteiger charge is -2.25. The Balaban J connectivity index is 1.69. The molecule has 2 aromatic rings. The zero-order chi connectivity index (χ0) is 13.9. The van der Waals surface area contributed by atoms with E-state index in [-0.39, 0.29) is 5.91 Å². The van der Waals surface area contributed by atoms with Crippen molar-refractivity contribution in [1.29, 1.82) is 0 Å². The van der Waals surface area contributed by atoms with Gasteiger partial charge in [-0.15, -0.1) is 11.3 Å². The van der Waals surface area contributed by atoms with Crippen LogP contribution in [-0.2, 0) is 17.8 Å². The lowest BCUT2D eigenvalue weighted by atomic mass is 10.1. The average molecular weight is 304 g/mol. The topological polar surface area (TPSA) is 20.3 Å². The second-order valence-electron chi connectivity index (χ2n) is 4.75. The number of hydrogen-bond donors (Lipinski definition) is 0. The molecule has 0 atom stereocenters. The minimum Gasteiger partial charge on any atom is -0.334 e. The molecule has 102 valence electrons. The van der Waals surface area contributed by atoms with E-state index in [1.165, 1.54) is 10.4 Å². The average Bonchev–Trinajstić information content (AvgIpc) is 2.85. The molecule has 0 bridgehead atoms. The third kappa shape index (κ3) is 2.94. The highest BCUT2D eigenvalue weighted by atomic mass is 35.5. The number of carbonyl (C=O) groups excluding carboxylic acids is 1. The van der Waals surface area contributed by atoms with E-state index in [0.29, 0.717) is 6.54 Å². The van der Waals surface area contributed by atoms with Gasteiger partial charge in [-0.05, 0) is 29.7 Å². The summed E-state index contributed by atoms with van der Waals surface area (Å²) >= 11 is 7.64. The lowest BCUT2D eigenvalue weighted by Crippen LogP contribution is -2.34. The highest BCUT2D eigenvalue weighted by Gasteiger charge is 2.21. The molecule has 0 radical (unpaired) electrons. The van der Waals surface area contributed by atoms with Crippen LogP contribution in [0.3, 0.4) is 0 Å². The molecule has 0 N–H and O–H groups in total. The van der Waals surface area contributed by atoms with Gasteiger partial charge in [-0.1, -0.05) is 41.9 Å². The number of rotatable bonds is 2. The molecule has 0 spiro atoms. The van der Waals surface area contributed by atoms with E-state index in [4.69, 9.17) is 11.6 Å². The van der Waals surface area contributed by atoms with Gasteiger partial charge in [0.15, 0.2) is 0 Å². The first-order chi connectivity index (χ1) is 9.72. The molecule has 1 aromatic heterocycles. The molecule has 20 heavy (non-hydrogen) atoms. The fourth-order valence-corrected chi connectivity index (χ4v) is 3.62. The van der Waals surface area contributed by atoms with Crippen molar-refractivity contribution in [3.63, 3.8) is 0 Å². The van der Waals surface area contributed by atoms with E-state index in [0.717, 1.165) is 22.9 Å². The number of benzene rings is 1. The first-order valence-electron chi connectivity index (χ1n) is 6.51. The first kappa shape index (κ1) is 13.4. The summed E-state index contributed by atoms with van der Waals surface area (Å²) < 4.78 is 0.809. The SMILES string of the molecule is O=C(C=Cc1ccccc1)N1CCc2sc(Cl)cc2C1. The van der Waals surface area contributed by atoms with Crippen molar-refractivity contribution in [2.75, 3.05) is 6.54 Å². The highest BCUT2D eigenvalue weighted by molar-refractivity contribution is 7.16. The third-order valence-electron chi connectivity index (χ3n) is 3.37. The summed E-state index contributed by atoms with van der Waals surface area (Å²) in [6.07, 6.45) is 4.41. The Bertz CT molecular complexity index is 648. The van der Waals surface area contributed by atoms with Crippen LogP contribution in [0.4, 0.5) is 0 Å². The van der Waals surface area contributed by atoms with E-state index in [1.54, 1.807) is 17.4 Å². The Labute approximate surface area is 127 Å². The molecule has 3 rings (SSSR count). The summed E-state index contributed by atoms with van der Waals surface area (Å²) in [7, 11) is 0. The molecule has 1 amide bonds. The van der Waals surface area contributed by atoms with E-state index < -0.39 is 0 Å². The summed E-state index contributed by atoms with van der Waals surface area (Å²) in [6.45, 7) is 1.43. The van der Waals surface area contributed by atoms with Gasteiger partial charge in [0.05, 0.1) is 4.34 Å². The predicted octanol–water partition coefficient (Wildman–Crippen LogP) is 4.00. The molecule has 0 aliphatic carbocycles. The van der Waals surface area contributed by atoms with E-state index in [1.807, 2.05) is 47.4 Å². The monoisotopic (exact) mass is 303 g/mol. The Hall–Kier alpha value is -1.58. The quantitative estimate of drug-likeness (QED) is 0.768. The molecule has 4 heteroatoms. The van der Waals surface area contributed by atoms with Gasteiger partial charge in [-0.25, -0.2) is 0 Å². The standard InChI is InChI=1S/C16H14ClNOS/c17-15-10-13-11-18(9-8-14(13)20-15)16(19)7-6-12-4-2-1-3-5-12/h1-7,10H,8-9,11H2. The van der Waals surface area contributed by atoms with Gasteiger partial charge in [-0.3, -0.25) is 4.79 Å². The van der Waals surface area contributed by atoms with Gasteiger partial charge in [0.25, 0.3) is 0 Å². The van der Waals surface area contributed by atoms with Crippen LogP contribution in [0, 0.1) is 0 Å². The molecule has 0 saturated carbocycles. The number of fused-ring (bicyclic) bond motifs is 1. The highest BCUT2D eigenvalue weighted by Crippen LogP contribution is 2.31. The zero-order valence-corrected chi connectivity index (χ0v) is 12.5. The van der Waals surface area contributed by atoms with Crippen molar-refractivity contribution in [2.24, 2.45) is 0 Å². The molecule has 1 aliphatic heterocycles. The van der Waals surface area contributed by atoms with Crippen molar-refractivity contribution in [3.05, 3.63) is 62.8 Å². The lowest BCUT2D eigenvalue weighted by molar-refractivity contribution is -0.126. The first-order valence-corrected chi connectivity index (χ1v) is 7.71. The van der Waals surface area contributed by atoms with Crippen LogP contribution in [0.25, 0.3) is 6.08 Å². The maximum absolute atomic E-state index is 12.2. The molecule has 1 aliphatic rings. The molecular weight excluding hydrogens is 290 g/mol. The van der Waals surface area contributed by atoms with Crippen LogP contribution < -0.4 is 0 Å². The van der Waals surface area contributed by atoms with Crippen molar-refractivity contribution >= 4 is 34.9 Å². The molecule has 1 aromatic carbocycles. The minimum absolute atomic E-state index is 0.0572. The van der Waals surface area contributed by atoms with Crippen LogP contribution >= 0.6 is 22.9 Å². The molecule has 2 nitrogen and oxygen atoms in total. The summed E-state index contributed by atoms with van der Waals surface area (Å²) in [5, 5.41) is 0. The summed E-state index contributed by atoms with van der Waals surface area (Å²) in [6, 6.07) is 11.8. The maximum Gasteiger partial charge on any atom is 0.246 e. The summed E-state index contributed by atoms with van der Waals surface area (Å²) in [5.74, 6) is 0.0572. The number of nitrogens with zero attached hydrogens (tertiary/aromatic N) is 1. The van der Waals surface area contributed by atoms with Crippen molar-refractivity contribution in [3.8, 4) is 0 Å². The van der Waals surface area contributed by atoms with Gasteiger partial charge < -0.3 is 4.90 Å². The van der Waals surface area contributed by atoms with Crippen LogP contribution in [0.2, 0.25) is 4.34 Å². The Morgan fingerprint density at radius 2 is 2.10 bits per heavy atom. The van der Waals surface area contributed by atoms with Crippen molar-refractivity contribution < 1.29 is 4.79 Å². The number of hydrogen-bond acceptors (Lipinski definition) is 2. The second-order valence-corrected chi connectivity index (χ2v) is 6.52. The molecule has 0 saturated heterocycles. The van der Waals surface area contributed by atoms with Gasteiger partial charge in [0.1, 0.15) is 0 Å². The molecule has 0 fully saturated rings. The Kier molecular flexibility index (Phi) is 3.90. The van der Waals surface area contributed by atoms with E-state index in [2.05, 4.69) is 0 Å². The fraction of sp³-hybridized carbons (Fsp3) is 0.188. The molecule has 0 unspecified atom stereocenters. The van der Waals surface area contributed by atoms with Crippen LogP contribution in [0.1, 0.15) is 16.0 Å². The smallest absolute Gasteiger partial charge is 0.246 e. The maximum atomic E-state index is 12.2. The van der Waals surface area contributed by atoms with Gasteiger partial charge in [-0.2, -0.15) is 0 Å². The zero-order valence-electron chi connectivity index (χ0n) is 10.9. The Morgan fingerprint density at radius 3 is 2.90 bits per heavy atom. The predicted molar refractivity (Wildman–Crippen MR) is 83.9 cm³/mol.